The fraction of sp³-hybridized carbons (Fsp3) is 0.214. The molecule has 0 saturated carbocycles. The number of ether oxygens (including phenoxy) is 2. The Bertz CT molecular complexity index is 1540. The highest BCUT2D eigenvalue weighted by Crippen LogP contribution is 2.38. The summed E-state index contributed by atoms with van der Waals surface area (Å²) in [4.78, 5) is 48.0. The average molecular weight is 564 g/mol. The maximum absolute atomic E-state index is 13.1. The number of hydrogen-bond acceptors (Lipinski definition) is 9. The van der Waals surface area contributed by atoms with Crippen LogP contribution in [0.15, 0.2) is 65.6 Å². The number of nitro groups is 2. The van der Waals surface area contributed by atoms with E-state index in [1.807, 2.05) is 25.1 Å². The Kier molecular flexibility index (Phi) is 8.49. The van der Waals surface area contributed by atoms with Crippen molar-refractivity contribution in [1.82, 2.24) is 4.90 Å². The maximum atomic E-state index is 13.1. The maximum Gasteiger partial charge on any atom is 0.318 e. The third kappa shape index (κ3) is 6.29. The lowest BCUT2D eigenvalue weighted by Gasteiger charge is -2.17. The number of nitro benzene ring substituents is 2. The molecule has 2 amide bonds. The standard InChI is InChI=1S/C28H25N3O8S/c1-17(2)21-10-8-18(3)14-25(21)38-13-12-29-27(32)26(40-28(29)33)15-19-6-4-5-7-23(19)39-24-11-9-20(30(34)35)16-22(24)31(36)37/h4-11,14-17H,12-13H2,1-3H3/b26-15-. The van der Waals surface area contributed by atoms with Crippen LogP contribution in [0.5, 0.6) is 17.2 Å². The molecule has 3 aromatic rings. The lowest BCUT2D eigenvalue weighted by Crippen LogP contribution is -2.32. The highest BCUT2D eigenvalue weighted by Gasteiger charge is 2.35. The minimum atomic E-state index is -0.779. The summed E-state index contributed by atoms with van der Waals surface area (Å²) in [7, 11) is 0. The molecule has 4 rings (SSSR count). The molecule has 1 aliphatic rings. The van der Waals surface area contributed by atoms with Gasteiger partial charge < -0.3 is 9.47 Å². The van der Waals surface area contributed by atoms with Gasteiger partial charge in [0.1, 0.15) is 18.1 Å². The number of carbonyl (C=O) groups is 2. The number of non-ortho nitro benzene ring substituents is 1. The van der Waals surface area contributed by atoms with Crippen LogP contribution in [-0.4, -0.2) is 39.0 Å². The van der Waals surface area contributed by atoms with E-state index in [1.54, 1.807) is 18.2 Å². The van der Waals surface area contributed by atoms with Crippen LogP contribution in [0.25, 0.3) is 6.08 Å². The first kappa shape index (κ1) is 28.3. The van der Waals surface area contributed by atoms with Gasteiger partial charge in [-0.05, 0) is 60.0 Å². The molecular formula is C28H25N3O8S. The van der Waals surface area contributed by atoms with E-state index >= 15 is 0 Å². The number of rotatable bonds is 10. The summed E-state index contributed by atoms with van der Waals surface area (Å²) in [5, 5.41) is 22.1. The molecule has 11 nitrogen and oxygen atoms in total. The second-order valence-electron chi connectivity index (χ2n) is 9.18. The number of aryl methyl sites for hydroxylation is 1. The zero-order valence-electron chi connectivity index (χ0n) is 21.9. The summed E-state index contributed by atoms with van der Waals surface area (Å²) in [6.45, 7) is 6.25. The SMILES string of the molecule is Cc1ccc(C(C)C)c(OCCN2C(=O)S/C(=C\c3ccccc3Oc3ccc([N+](=O)[O-])cc3[N+](=O)[O-])C2=O)c1. The topological polar surface area (TPSA) is 142 Å². The summed E-state index contributed by atoms with van der Waals surface area (Å²) < 4.78 is 11.7. The molecule has 3 aromatic carbocycles. The Morgan fingerprint density at radius 1 is 0.950 bits per heavy atom. The van der Waals surface area contributed by atoms with E-state index in [1.165, 1.54) is 12.1 Å². The van der Waals surface area contributed by atoms with Crippen molar-refractivity contribution in [3.63, 3.8) is 0 Å². The van der Waals surface area contributed by atoms with E-state index in [0.717, 1.165) is 46.0 Å². The molecule has 206 valence electrons. The van der Waals surface area contributed by atoms with Crippen LogP contribution in [0.2, 0.25) is 0 Å². The Morgan fingerprint density at radius 3 is 2.40 bits per heavy atom. The molecule has 1 heterocycles. The van der Waals surface area contributed by atoms with Crippen LogP contribution in [0.4, 0.5) is 16.2 Å². The first-order valence-electron chi connectivity index (χ1n) is 12.2. The third-order valence-electron chi connectivity index (χ3n) is 6.01. The van der Waals surface area contributed by atoms with Crippen LogP contribution in [-0.2, 0) is 4.79 Å². The van der Waals surface area contributed by atoms with Gasteiger partial charge in [0.25, 0.3) is 16.8 Å². The molecule has 12 heteroatoms. The molecule has 0 atom stereocenters. The molecule has 0 bridgehead atoms. The molecule has 0 spiro atoms. The van der Waals surface area contributed by atoms with Gasteiger partial charge in [0, 0.05) is 11.6 Å². The van der Waals surface area contributed by atoms with Gasteiger partial charge in [-0.1, -0.05) is 44.2 Å². The van der Waals surface area contributed by atoms with Gasteiger partial charge in [-0.2, -0.15) is 0 Å². The van der Waals surface area contributed by atoms with Gasteiger partial charge in [-0.3, -0.25) is 34.7 Å². The van der Waals surface area contributed by atoms with E-state index < -0.39 is 32.4 Å². The van der Waals surface area contributed by atoms with Crippen LogP contribution in [0.1, 0.15) is 36.5 Å². The van der Waals surface area contributed by atoms with Gasteiger partial charge in [0.15, 0.2) is 0 Å². The number of carbonyl (C=O) groups excluding carboxylic acids is 2. The predicted molar refractivity (Wildman–Crippen MR) is 150 cm³/mol. The number of benzene rings is 3. The number of nitrogens with zero attached hydrogens (tertiary/aromatic N) is 3. The van der Waals surface area contributed by atoms with Crippen molar-refractivity contribution in [3.8, 4) is 17.2 Å². The van der Waals surface area contributed by atoms with E-state index in [9.17, 15) is 29.8 Å². The quantitative estimate of drug-likeness (QED) is 0.147. The lowest BCUT2D eigenvalue weighted by atomic mass is 10.0. The van der Waals surface area contributed by atoms with Crippen LogP contribution in [0, 0.1) is 27.2 Å². The van der Waals surface area contributed by atoms with E-state index in [-0.39, 0.29) is 35.5 Å². The second kappa shape index (κ2) is 12.0. The number of para-hydroxylation sites is 1. The van der Waals surface area contributed by atoms with Gasteiger partial charge in [-0.15, -0.1) is 0 Å². The second-order valence-corrected chi connectivity index (χ2v) is 10.2. The molecule has 0 aliphatic carbocycles. The van der Waals surface area contributed by atoms with E-state index in [2.05, 4.69) is 13.8 Å². The van der Waals surface area contributed by atoms with Crippen molar-refractivity contribution < 1.29 is 28.9 Å². The predicted octanol–water partition coefficient (Wildman–Crippen LogP) is 6.84. The van der Waals surface area contributed by atoms with Gasteiger partial charge >= 0.3 is 5.69 Å². The van der Waals surface area contributed by atoms with Crippen molar-refractivity contribution in [2.75, 3.05) is 13.2 Å². The Morgan fingerprint density at radius 2 is 1.70 bits per heavy atom. The molecule has 1 saturated heterocycles. The number of hydrogen-bond donors (Lipinski definition) is 0. The molecular weight excluding hydrogens is 538 g/mol. The highest BCUT2D eigenvalue weighted by atomic mass is 32.2. The Hall–Kier alpha value is -4.71. The number of thioether (sulfide) groups is 1. The normalized spacial score (nSPS) is 14.2. The van der Waals surface area contributed by atoms with Crippen molar-refractivity contribution in [1.29, 1.82) is 0 Å². The Labute approximate surface area is 233 Å². The smallest absolute Gasteiger partial charge is 0.318 e. The molecule has 0 aromatic heterocycles. The lowest BCUT2D eigenvalue weighted by molar-refractivity contribution is -0.394. The third-order valence-corrected chi connectivity index (χ3v) is 6.92. The first-order chi connectivity index (χ1) is 19.0. The van der Waals surface area contributed by atoms with Gasteiger partial charge in [0.05, 0.1) is 27.4 Å². The van der Waals surface area contributed by atoms with Crippen molar-refractivity contribution >= 4 is 40.4 Å². The van der Waals surface area contributed by atoms with Gasteiger partial charge in [-0.25, -0.2) is 0 Å². The minimum Gasteiger partial charge on any atom is -0.491 e. The van der Waals surface area contributed by atoms with E-state index in [0.29, 0.717) is 11.3 Å². The Balaban J connectivity index is 1.51. The number of imide groups is 1. The van der Waals surface area contributed by atoms with Crippen LogP contribution >= 0.6 is 11.8 Å². The monoisotopic (exact) mass is 563 g/mol. The summed E-state index contributed by atoms with van der Waals surface area (Å²) >= 11 is 0.766. The summed E-state index contributed by atoms with van der Waals surface area (Å²) in [6, 6.07) is 15.4. The molecule has 0 N–H and O–H groups in total. The molecule has 0 radical (unpaired) electrons. The zero-order chi connectivity index (χ0) is 29.0. The van der Waals surface area contributed by atoms with Crippen molar-refractivity contribution in [2.24, 2.45) is 0 Å². The molecule has 40 heavy (non-hydrogen) atoms. The van der Waals surface area contributed by atoms with E-state index in [4.69, 9.17) is 9.47 Å². The highest BCUT2D eigenvalue weighted by molar-refractivity contribution is 8.18. The summed E-state index contributed by atoms with van der Waals surface area (Å²) in [6.07, 6.45) is 1.47. The zero-order valence-corrected chi connectivity index (χ0v) is 22.7. The first-order valence-corrected chi connectivity index (χ1v) is 13.0. The fourth-order valence-corrected chi connectivity index (χ4v) is 4.84. The van der Waals surface area contributed by atoms with Gasteiger partial charge in [0.2, 0.25) is 5.75 Å². The summed E-state index contributed by atoms with van der Waals surface area (Å²) in [5.41, 5.74) is 1.42. The van der Waals surface area contributed by atoms with Crippen molar-refractivity contribution in [3.05, 3.63) is 102 Å². The minimum absolute atomic E-state index is 0.0562. The molecule has 1 fully saturated rings. The number of amides is 2. The van der Waals surface area contributed by atoms with Crippen LogP contribution in [0.3, 0.4) is 0 Å². The largest absolute Gasteiger partial charge is 0.491 e. The van der Waals surface area contributed by atoms with Crippen LogP contribution < -0.4 is 9.47 Å². The molecule has 1 aliphatic heterocycles. The summed E-state index contributed by atoms with van der Waals surface area (Å²) in [5.74, 6) is 0.409. The van der Waals surface area contributed by atoms with Crippen molar-refractivity contribution in [2.45, 2.75) is 26.7 Å². The molecule has 0 unspecified atom stereocenters. The fourth-order valence-electron chi connectivity index (χ4n) is 3.98. The average Bonchev–Trinajstić information content (AvgIpc) is 3.17.